The topological polar surface area (TPSA) is 146 Å². The third-order valence-corrected chi connectivity index (χ3v) is 5.91. The van der Waals surface area contributed by atoms with Crippen LogP contribution in [0.15, 0.2) is 41.0 Å². The lowest BCUT2D eigenvalue weighted by atomic mass is 10.0. The lowest BCUT2D eigenvalue weighted by molar-refractivity contribution is -0.0445. The van der Waals surface area contributed by atoms with Crippen molar-refractivity contribution in [2.75, 3.05) is 25.4 Å². The summed E-state index contributed by atoms with van der Waals surface area (Å²) >= 11 is 0. The van der Waals surface area contributed by atoms with Crippen molar-refractivity contribution in [2.24, 2.45) is 0 Å². The van der Waals surface area contributed by atoms with Crippen molar-refractivity contribution >= 4 is 16.9 Å². The van der Waals surface area contributed by atoms with Crippen LogP contribution in [-0.4, -0.2) is 61.4 Å². The molecule has 1 aromatic carbocycles. The number of hydrogen-bond donors (Lipinski definition) is 3. The Hall–Kier alpha value is -3.98. The van der Waals surface area contributed by atoms with E-state index in [-0.39, 0.29) is 11.9 Å². The van der Waals surface area contributed by atoms with Crippen LogP contribution >= 0.6 is 0 Å². The number of ether oxygens (including phenoxy) is 2. The number of rotatable bonds is 6. The fourth-order valence-corrected chi connectivity index (χ4v) is 4.22. The van der Waals surface area contributed by atoms with Crippen molar-refractivity contribution < 1.29 is 19.2 Å². The minimum absolute atomic E-state index is 0.129. The first-order chi connectivity index (χ1) is 17.8. The molecule has 11 nitrogen and oxygen atoms in total. The Morgan fingerprint density at radius 3 is 2.73 bits per heavy atom. The van der Waals surface area contributed by atoms with E-state index >= 15 is 0 Å². The monoisotopic (exact) mass is 503 g/mol. The largest absolute Gasteiger partial charge is 0.467 e. The molecule has 4 heterocycles. The number of pyridine rings is 1. The van der Waals surface area contributed by atoms with Crippen LogP contribution in [0.3, 0.4) is 0 Å². The first-order valence-electron chi connectivity index (χ1n) is 12.1. The van der Waals surface area contributed by atoms with Crippen LogP contribution in [0.2, 0.25) is 0 Å². The summed E-state index contributed by atoms with van der Waals surface area (Å²) in [6.45, 7) is 7.76. The average molecular weight is 504 g/mol. The highest BCUT2D eigenvalue weighted by Gasteiger charge is 2.29. The van der Waals surface area contributed by atoms with E-state index in [9.17, 15) is 5.11 Å². The number of fused-ring (bicyclic) bond motifs is 1. The minimum Gasteiger partial charge on any atom is -0.467 e. The van der Waals surface area contributed by atoms with Crippen molar-refractivity contribution in [1.82, 2.24) is 30.2 Å². The number of aliphatic hydroxyl groups is 1. The van der Waals surface area contributed by atoms with Crippen LogP contribution < -0.4 is 15.8 Å². The van der Waals surface area contributed by atoms with E-state index in [2.05, 4.69) is 27.5 Å². The number of benzene rings is 1. The highest BCUT2D eigenvalue weighted by atomic mass is 16.6. The molecule has 0 aliphatic carbocycles. The highest BCUT2D eigenvalue weighted by Crippen LogP contribution is 2.32. The summed E-state index contributed by atoms with van der Waals surface area (Å²) in [5, 5.41) is 21.2. The Bertz CT molecular complexity index is 1440. The number of aryl methyl sites for hydroxylation is 1. The number of nitrogen functional groups attached to an aromatic ring is 1. The Balaban J connectivity index is 1.66. The zero-order valence-corrected chi connectivity index (χ0v) is 20.9. The van der Waals surface area contributed by atoms with Crippen LogP contribution in [0.25, 0.3) is 22.6 Å². The van der Waals surface area contributed by atoms with E-state index in [4.69, 9.17) is 29.8 Å². The van der Waals surface area contributed by atoms with E-state index in [0.29, 0.717) is 48.3 Å². The molecular weight excluding hydrogens is 474 g/mol. The molecule has 192 valence electrons. The second kappa shape index (κ2) is 10.2. The van der Waals surface area contributed by atoms with E-state index in [1.165, 1.54) is 0 Å². The summed E-state index contributed by atoms with van der Waals surface area (Å²) in [6.07, 6.45) is -0.630. The van der Waals surface area contributed by atoms with Gasteiger partial charge in [-0.25, -0.2) is 14.6 Å². The summed E-state index contributed by atoms with van der Waals surface area (Å²) in [5.74, 6) is 6.77. The third-order valence-electron chi connectivity index (χ3n) is 5.91. The van der Waals surface area contributed by atoms with Gasteiger partial charge >= 0.3 is 0 Å². The van der Waals surface area contributed by atoms with E-state index in [0.717, 1.165) is 17.6 Å². The maximum Gasteiger partial charge on any atom is 0.217 e. The fraction of sp³-hybridized carbons (Fsp3) is 0.385. The maximum absolute atomic E-state index is 10.2. The maximum atomic E-state index is 10.2. The molecule has 1 unspecified atom stereocenters. The number of nitrogens with two attached hydrogens (primary N) is 1. The zero-order valence-electron chi connectivity index (χ0n) is 20.9. The molecule has 1 aliphatic heterocycles. The van der Waals surface area contributed by atoms with Crippen molar-refractivity contribution in [3.8, 4) is 29.2 Å². The Morgan fingerprint density at radius 1 is 1.27 bits per heavy atom. The van der Waals surface area contributed by atoms with Gasteiger partial charge in [0.05, 0.1) is 12.1 Å². The summed E-state index contributed by atoms with van der Waals surface area (Å²) in [6, 6.07) is 11.7. The molecule has 1 fully saturated rings. The molecule has 4 N–H and O–H groups in total. The number of nitrogens with one attached hydrogen (secondary N) is 1. The van der Waals surface area contributed by atoms with Gasteiger partial charge in [0.25, 0.3) is 0 Å². The molecule has 37 heavy (non-hydrogen) atoms. The van der Waals surface area contributed by atoms with Crippen LogP contribution in [0, 0.1) is 11.8 Å². The van der Waals surface area contributed by atoms with Gasteiger partial charge in [-0.15, -0.1) is 0 Å². The van der Waals surface area contributed by atoms with Crippen LogP contribution in [-0.2, 0) is 11.3 Å². The van der Waals surface area contributed by atoms with Crippen molar-refractivity contribution in [3.63, 3.8) is 0 Å². The summed E-state index contributed by atoms with van der Waals surface area (Å²) < 4.78 is 19.3. The smallest absolute Gasteiger partial charge is 0.217 e. The van der Waals surface area contributed by atoms with Gasteiger partial charge in [0.2, 0.25) is 5.88 Å². The summed E-state index contributed by atoms with van der Waals surface area (Å²) in [7, 11) is 0. The quantitative estimate of drug-likeness (QED) is 0.335. The lowest BCUT2D eigenvalue weighted by Gasteiger charge is -2.31. The van der Waals surface area contributed by atoms with E-state index in [1.807, 2.05) is 47.9 Å². The van der Waals surface area contributed by atoms with Crippen molar-refractivity contribution in [3.05, 3.63) is 47.7 Å². The van der Waals surface area contributed by atoms with Gasteiger partial charge < -0.3 is 30.2 Å². The molecular formula is C26H29N7O4. The number of morpholine rings is 1. The highest BCUT2D eigenvalue weighted by molar-refractivity contribution is 5.86. The number of nitrogens with zero attached hydrogens (tertiary/aromatic N) is 5. The molecule has 11 heteroatoms. The molecule has 0 spiro atoms. The van der Waals surface area contributed by atoms with Gasteiger partial charge in [-0.1, -0.05) is 36.3 Å². The minimum atomic E-state index is -1.23. The van der Waals surface area contributed by atoms with E-state index in [1.54, 1.807) is 13.8 Å². The van der Waals surface area contributed by atoms with Crippen molar-refractivity contribution in [2.45, 2.75) is 45.1 Å². The third kappa shape index (κ3) is 5.27. The predicted octanol–water partition coefficient (Wildman–Crippen LogP) is 2.31. The first kappa shape index (κ1) is 24.7. The average Bonchev–Trinajstić information content (AvgIpc) is 3.49. The molecule has 0 bridgehead atoms. The van der Waals surface area contributed by atoms with Gasteiger partial charge in [-0.3, -0.25) is 0 Å². The molecule has 1 saturated heterocycles. The lowest BCUT2D eigenvalue weighted by Crippen LogP contribution is -2.43. The summed E-state index contributed by atoms with van der Waals surface area (Å²) in [5.41, 5.74) is 7.64. The van der Waals surface area contributed by atoms with Crippen molar-refractivity contribution in [1.29, 1.82) is 0 Å². The Labute approximate surface area is 214 Å². The second-order valence-electron chi connectivity index (χ2n) is 9.23. The summed E-state index contributed by atoms with van der Waals surface area (Å²) in [4.78, 5) is 9.45. The normalized spacial score (nSPS) is 16.8. The first-order valence-corrected chi connectivity index (χ1v) is 12.1. The molecule has 0 amide bonds. The standard InChI is InChI=1S/C26H29N7O4/c1-4-33-18-14-20(36-23(16-8-6-5-7-9-16)19-15-28-12-13-35-19)29-17(10-11-26(2,3)34)21(18)30-25(33)22-24(27)32-37-31-22/h5-9,14,19,23,28,34H,4,12-13,15H2,1-3H3,(H2,27,32)/t19-,23?/m1/s1. The zero-order chi connectivity index (χ0) is 26.0. The van der Waals surface area contributed by atoms with Crippen LogP contribution in [0.4, 0.5) is 5.82 Å². The number of aromatic nitrogens is 5. The van der Waals surface area contributed by atoms with Gasteiger partial charge in [0, 0.05) is 25.7 Å². The molecule has 5 rings (SSSR count). The SMILES string of the molecule is CCn1c(-c2nonc2N)nc2c(C#CC(C)(C)O)nc(OC(c3ccccc3)[C@H]3CNCCO3)cc21. The second-order valence-corrected chi connectivity index (χ2v) is 9.23. The van der Waals surface area contributed by atoms with Gasteiger partial charge in [0.15, 0.2) is 23.4 Å². The fourth-order valence-electron chi connectivity index (χ4n) is 4.22. The van der Waals surface area contributed by atoms with Crippen LogP contribution in [0.1, 0.15) is 38.1 Å². The predicted molar refractivity (Wildman–Crippen MR) is 137 cm³/mol. The van der Waals surface area contributed by atoms with Gasteiger partial charge in [0.1, 0.15) is 22.9 Å². The molecule has 3 aromatic heterocycles. The molecule has 2 atom stereocenters. The number of anilines is 1. The van der Waals surface area contributed by atoms with Crippen LogP contribution in [0.5, 0.6) is 5.88 Å². The number of imidazole rings is 1. The molecule has 4 aromatic rings. The van der Waals surface area contributed by atoms with Gasteiger partial charge in [-0.2, -0.15) is 0 Å². The molecule has 0 saturated carbocycles. The number of hydrogen-bond acceptors (Lipinski definition) is 10. The molecule has 1 aliphatic rings. The Kier molecular flexibility index (Phi) is 6.80. The Morgan fingerprint density at radius 2 is 2.08 bits per heavy atom. The van der Waals surface area contributed by atoms with E-state index < -0.39 is 11.7 Å². The molecule has 0 radical (unpaired) electrons. The van der Waals surface area contributed by atoms with Gasteiger partial charge in [-0.05, 0) is 42.6 Å².